The molecule has 1 unspecified atom stereocenters. The van der Waals surface area contributed by atoms with Crippen molar-refractivity contribution in [2.75, 3.05) is 19.8 Å². The fourth-order valence-corrected chi connectivity index (χ4v) is 2.45. The van der Waals surface area contributed by atoms with Crippen LogP contribution >= 0.6 is 0 Å². The number of ether oxygens (including phenoxy) is 1. The van der Waals surface area contributed by atoms with Crippen LogP contribution in [0.5, 0.6) is 0 Å². The Bertz CT molecular complexity index is 376. The van der Waals surface area contributed by atoms with E-state index >= 15 is 0 Å². The first-order valence-electron chi connectivity index (χ1n) is 7.31. The van der Waals surface area contributed by atoms with Gasteiger partial charge in [-0.1, -0.05) is 20.8 Å². The summed E-state index contributed by atoms with van der Waals surface area (Å²) in [6.07, 6.45) is 2.94. The van der Waals surface area contributed by atoms with Gasteiger partial charge in [-0.25, -0.2) is 0 Å². The van der Waals surface area contributed by atoms with E-state index in [9.17, 15) is 0 Å². The van der Waals surface area contributed by atoms with Gasteiger partial charge in [0.15, 0.2) is 0 Å². The van der Waals surface area contributed by atoms with Crippen LogP contribution in [0, 0.1) is 0 Å². The van der Waals surface area contributed by atoms with Crippen LogP contribution in [0.15, 0.2) is 16.7 Å². The monoisotopic (exact) mass is 266 g/mol. The van der Waals surface area contributed by atoms with Gasteiger partial charge in [0, 0.05) is 30.7 Å². The predicted molar refractivity (Wildman–Crippen MR) is 76.0 cm³/mol. The fraction of sp³-hybridized carbons (Fsp3) is 0.733. The molecule has 0 amide bonds. The van der Waals surface area contributed by atoms with Crippen molar-refractivity contribution in [3.05, 3.63) is 23.7 Å². The number of hydrogen-bond acceptors (Lipinski definition) is 4. The van der Waals surface area contributed by atoms with Gasteiger partial charge in [-0.3, -0.25) is 4.90 Å². The van der Waals surface area contributed by atoms with Gasteiger partial charge in [0.25, 0.3) is 0 Å². The van der Waals surface area contributed by atoms with E-state index in [0.717, 1.165) is 45.0 Å². The highest BCUT2D eigenvalue weighted by Gasteiger charge is 2.22. The molecule has 0 saturated carbocycles. The van der Waals surface area contributed by atoms with Crippen molar-refractivity contribution < 1.29 is 9.15 Å². The minimum atomic E-state index is 0.477. The molecule has 1 fully saturated rings. The van der Waals surface area contributed by atoms with Gasteiger partial charge in [-0.15, -0.1) is 0 Å². The molecule has 2 rings (SSSR count). The zero-order valence-corrected chi connectivity index (χ0v) is 12.3. The first-order valence-corrected chi connectivity index (χ1v) is 7.31. The van der Waals surface area contributed by atoms with Gasteiger partial charge in [-0.05, 0) is 12.5 Å². The Morgan fingerprint density at radius 2 is 2.32 bits per heavy atom. The highest BCUT2D eigenvalue weighted by molar-refractivity contribution is 5.17. The molecule has 1 N–H and O–H groups in total. The van der Waals surface area contributed by atoms with Crippen LogP contribution in [0.3, 0.4) is 0 Å². The van der Waals surface area contributed by atoms with E-state index in [-0.39, 0.29) is 0 Å². The lowest BCUT2D eigenvalue weighted by Gasteiger charge is -2.34. The van der Waals surface area contributed by atoms with E-state index in [4.69, 9.17) is 9.15 Å². The highest BCUT2D eigenvalue weighted by atomic mass is 16.5. The maximum atomic E-state index is 5.61. The van der Waals surface area contributed by atoms with Crippen molar-refractivity contribution in [1.29, 1.82) is 0 Å². The SMILES string of the molecule is CCC1COCCN1Cc1ccoc1CNC(C)C. The molecule has 0 aromatic carbocycles. The molecular weight excluding hydrogens is 240 g/mol. The van der Waals surface area contributed by atoms with Crippen molar-refractivity contribution in [1.82, 2.24) is 10.2 Å². The molecule has 4 heteroatoms. The van der Waals surface area contributed by atoms with E-state index in [2.05, 4.69) is 37.1 Å². The van der Waals surface area contributed by atoms with Gasteiger partial charge in [0.2, 0.25) is 0 Å². The van der Waals surface area contributed by atoms with Crippen molar-refractivity contribution in [3.8, 4) is 0 Å². The lowest BCUT2D eigenvalue weighted by molar-refractivity contribution is -0.0129. The van der Waals surface area contributed by atoms with E-state index in [1.54, 1.807) is 6.26 Å². The molecule has 0 aliphatic carbocycles. The van der Waals surface area contributed by atoms with Crippen LogP contribution in [0.25, 0.3) is 0 Å². The number of nitrogens with zero attached hydrogens (tertiary/aromatic N) is 1. The van der Waals surface area contributed by atoms with E-state index in [0.29, 0.717) is 12.1 Å². The Morgan fingerprint density at radius 1 is 1.47 bits per heavy atom. The average molecular weight is 266 g/mol. The molecular formula is C15H26N2O2. The minimum Gasteiger partial charge on any atom is -0.468 e. The molecule has 0 spiro atoms. The summed E-state index contributed by atoms with van der Waals surface area (Å²) in [5.41, 5.74) is 1.30. The summed E-state index contributed by atoms with van der Waals surface area (Å²) in [4.78, 5) is 2.51. The topological polar surface area (TPSA) is 37.6 Å². The van der Waals surface area contributed by atoms with Crippen molar-refractivity contribution in [2.45, 2.75) is 52.4 Å². The molecule has 2 heterocycles. The Hall–Kier alpha value is -0.840. The van der Waals surface area contributed by atoms with Crippen LogP contribution in [-0.4, -0.2) is 36.7 Å². The van der Waals surface area contributed by atoms with E-state index in [1.807, 2.05) is 0 Å². The third kappa shape index (κ3) is 4.06. The molecule has 0 bridgehead atoms. The largest absolute Gasteiger partial charge is 0.468 e. The van der Waals surface area contributed by atoms with Gasteiger partial charge in [0.1, 0.15) is 5.76 Å². The summed E-state index contributed by atoms with van der Waals surface area (Å²) in [6.45, 7) is 11.0. The highest BCUT2D eigenvalue weighted by Crippen LogP contribution is 2.18. The van der Waals surface area contributed by atoms with Gasteiger partial charge >= 0.3 is 0 Å². The maximum absolute atomic E-state index is 5.61. The average Bonchev–Trinajstić information content (AvgIpc) is 2.84. The maximum Gasteiger partial charge on any atom is 0.122 e. The van der Waals surface area contributed by atoms with Crippen molar-refractivity contribution in [2.24, 2.45) is 0 Å². The molecule has 19 heavy (non-hydrogen) atoms. The number of nitrogens with one attached hydrogen (secondary N) is 1. The first kappa shape index (κ1) is 14.6. The second kappa shape index (κ2) is 7.08. The second-order valence-corrected chi connectivity index (χ2v) is 5.51. The molecule has 1 aromatic rings. The fourth-order valence-electron chi connectivity index (χ4n) is 2.45. The number of hydrogen-bond donors (Lipinski definition) is 1. The molecule has 1 aromatic heterocycles. The molecule has 1 aliphatic rings. The number of furan rings is 1. The predicted octanol–water partition coefficient (Wildman–Crippen LogP) is 2.39. The minimum absolute atomic E-state index is 0.477. The van der Waals surface area contributed by atoms with Crippen LogP contribution < -0.4 is 5.32 Å². The zero-order valence-electron chi connectivity index (χ0n) is 12.3. The number of rotatable bonds is 6. The summed E-state index contributed by atoms with van der Waals surface area (Å²) in [5, 5.41) is 3.41. The summed E-state index contributed by atoms with van der Waals surface area (Å²) < 4.78 is 11.2. The third-order valence-electron chi connectivity index (χ3n) is 3.70. The standard InChI is InChI=1S/C15H26N2O2/c1-4-14-11-18-8-6-17(14)10-13-5-7-19-15(13)9-16-12(2)3/h5,7,12,14,16H,4,6,8-11H2,1-3H3. The summed E-state index contributed by atoms with van der Waals surface area (Å²) >= 11 is 0. The second-order valence-electron chi connectivity index (χ2n) is 5.51. The van der Waals surface area contributed by atoms with Gasteiger partial charge in [-0.2, -0.15) is 0 Å². The van der Waals surface area contributed by atoms with Crippen LogP contribution in [0.4, 0.5) is 0 Å². The normalized spacial score (nSPS) is 21.2. The molecule has 108 valence electrons. The molecule has 4 nitrogen and oxygen atoms in total. The zero-order chi connectivity index (χ0) is 13.7. The number of morpholine rings is 1. The van der Waals surface area contributed by atoms with Crippen LogP contribution in [-0.2, 0) is 17.8 Å². The molecule has 1 atom stereocenters. The Kier molecular flexibility index (Phi) is 5.43. The first-order chi connectivity index (χ1) is 9.20. The lowest BCUT2D eigenvalue weighted by atomic mass is 10.1. The summed E-state index contributed by atoms with van der Waals surface area (Å²) in [6, 6.07) is 3.11. The molecule has 0 radical (unpaired) electrons. The molecule has 1 saturated heterocycles. The summed E-state index contributed by atoms with van der Waals surface area (Å²) in [7, 11) is 0. The van der Waals surface area contributed by atoms with Crippen LogP contribution in [0.1, 0.15) is 38.5 Å². The van der Waals surface area contributed by atoms with Crippen molar-refractivity contribution in [3.63, 3.8) is 0 Å². The van der Waals surface area contributed by atoms with Gasteiger partial charge in [0.05, 0.1) is 26.0 Å². The lowest BCUT2D eigenvalue weighted by Crippen LogP contribution is -2.44. The third-order valence-corrected chi connectivity index (χ3v) is 3.70. The Balaban J connectivity index is 1.96. The van der Waals surface area contributed by atoms with Crippen LogP contribution in [0.2, 0.25) is 0 Å². The Labute approximate surface area is 116 Å². The van der Waals surface area contributed by atoms with E-state index in [1.165, 1.54) is 5.56 Å². The van der Waals surface area contributed by atoms with Gasteiger partial charge < -0.3 is 14.5 Å². The smallest absolute Gasteiger partial charge is 0.122 e. The Morgan fingerprint density at radius 3 is 3.05 bits per heavy atom. The molecule has 1 aliphatic heterocycles. The van der Waals surface area contributed by atoms with E-state index < -0.39 is 0 Å². The quantitative estimate of drug-likeness (QED) is 0.858. The van der Waals surface area contributed by atoms with Crippen molar-refractivity contribution >= 4 is 0 Å². The summed E-state index contributed by atoms with van der Waals surface area (Å²) in [5.74, 6) is 1.06.